The Hall–Kier alpha value is -1.77. The van der Waals surface area contributed by atoms with Crippen molar-refractivity contribution in [3.63, 3.8) is 0 Å². The fourth-order valence-electron chi connectivity index (χ4n) is 3.17. The Balaban J connectivity index is 1.79. The first-order valence-corrected chi connectivity index (χ1v) is 15.1. The van der Waals surface area contributed by atoms with E-state index in [4.69, 9.17) is 20.8 Å². The van der Waals surface area contributed by atoms with Gasteiger partial charge in [-0.15, -0.1) is 0 Å². The maximum Gasteiger partial charge on any atom is 0.229 e. The highest BCUT2D eigenvalue weighted by Crippen LogP contribution is 2.38. The summed E-state index contributed by atoms with van der Waals surface area (Å²) in [4.78, 5) is 8.66. The second-order valence-electron chi connectivity index (χ2n) is 9.85. The number of aromatic nitrogens is 2. The number of nitrogens with zero attached hydrogens (tertiary/aromatic N) is 3. The number of rotatable bonds is 7. The molecule has 1 fully saturated rings. The van der Waals surface area contributed by atoms with Crippen molar-refractivity contribution in [1.82, 2.24) is 9.97 Å². The van der Waals surface area contributed by atoms with E-state index in [1.165, 1.54) is 12.3 Å². The molecule has 2 N–H and O–H groups in total. The summed E-state index contributed by atoms with van der Waals surface area (Å²) in [6.45, 7) is 12.0. The Labute approximate surface area is 214 Å². The summed E-state index contributed by atoms with van der Waals surface area (Å²) in [5.41, 5.74) is 1.18. The summed E-state index contributed by atoms with van der Waals surface area (Å²) in [5.74, 6) is 0.00619. The van der Waals surface area contributed by atoms with Gasteiger partial charge in [-0.05, 0) is 58.2 Å². The molecule has 2 atom stereocenters. The Bertz CT molecular complexity index is 1080. The summed E-state index contributed by atoms with van der Waals surface area (Å²) in [6.07, 6.45) is 2.10. The normalized spacial score (nSPS) is 18.9. The van der Waals surface area contributed by atoms with E-state index in [-0.39, 0.29) is 29.6 Å². The van der Waals surface area contributed by atoms with Gasteiger partial charge in [0.2, 0.25) is 5.95 Å². The molecule has 1 aliphatic heterocycles. The van der Waals surface area contributed by atoms with Crippen LogP contribution >= 0.6 is 27.5 Å². The lowest BCUT2D eigenvalue weighted by Gasteiger charge is -2.36. The third-order valence-electron chi connectivity index (χ3n) is 6.34. The van der Waals surface area contributed by atoms with E-state index in [1.807, 2.05) is 6.07 Å². The summed E-state index contributed by atoms with van der Waals surface area (Å²) in [5, 5.41) is 16.0. The van der Waals surface area contributed by atoms with Gasteiger partial charge in [-0.2, -0.15) is 10.2 Å². The van der Waals surface area contributed by atoms with E-state index in [0.717, 1.165) is 0 Å². The molecule has 0 saturated carbocycles. The number of hydrogen-bond donors (Lipinski definition) is 2. The Morgan fingerprint density at radius 2 is 2.12 bits per heavy atom. The maximum atomic E-state index is 14.7. The molecule has 184 valence electrons. The molecule has 1 aromatic carbocycles. The van der Waals surface area contributed by atoms with Gasteiger partial charge in [0, 0.05) is 12.3 Å². The highest BCUT2D eigenvalue weighted by atomic mass is 79.9. The van der Waals surface area contributed by atoms with E-state index in [1.54, 1.807) is 0 Å². The molecular formula is C23H30BrClFN5O2Si. The van der Waals surface area contributed by atoms with Gasteiger partial charge in [0.1, 0.15) is 10.8 Å². The molecule has 1 aliphatic rings. The second kappa shape index (κ2) is 10.9. The van der Waals surface area contributed by atoms with Crippen LogP contribution in [0, 0.1) is 23.1 Å². The molecule has 34 heavy (non-hydrogen) atoms. The third-order valence-corrected chi connectivity index (χ3v) is 12.0. The molecule has 0 bridgehead atoms. The fourth-order valence-corrected chi connectivity index (χ4v) is 4.60. The number of nitriles is 1. The highest BCUT2D eigenvalue weighted by Gasteiger charge is 2.37. The van der Waals surface area contributed by atoms with Crippen LogP contribution in [0.4, 0.5) is 21.8 Å². The van der Waals surface area contributed by atoms with Crippen molar-refractivity contribution in [2.45, 2.75) is 58.0 Å². The number of ether oxygens (including phenoxy) is 1. The van der Waals surface area contributed by atoms with Crippen LogP contribution in [0.5, 0.6) is 0 Å². The van der Waals surface area contributed by atoms with Crippen molar-refractivity contribution < 1.29 is 13.6 Å². The van der Waals surface area contributed by atoms with Crippen molar-refractivity contribution in [3.05, 3.63) is 39.2 Å². The molecule has 1 saturated heterocycles. The molecule has 1 unspecified atom stereocenters. The van der Waals surface area contributed by atoms with Crippen LogP contribution in [0.25, 0.3) is 0 Å². The number of benzene rings is 1. The Kier molecular flexibility index (Phi) is 8.58. The molecule has 0 amide bonds. The number of anilines is 3. The quantitative estimate of drug-likeness (QED) is 0.361. The topological polar surface area (TPSA) is 92.1 Å². The minimum absolute atomic E-state index is 0.0440. The molecule has 1 aromatic heterocycles. The van der Waals surface area contributed by atoms with E-state index >= 15 is 0 Å². The number of hydrogen-bond acceptors (Lipinski definition) is 7. The van der Waals surface area contributed by atoms with Gasteiger partial charge in [-0.25, -0.2) is 9.37 Å². The first kappa shape index (κ1) is 26.8. The summed E-state index contributed by atoms with van der Waals surface area (Å²) < 4.78 is 26.8. The molecule has 2 heterocycles. The van der Waals surface area contributed by atoms with Crippen LogP contribution in [0.3, 0.4) is 0 Å². The van der Waals surface area contributed by atoms with Gasteiger partial charge in [-0.3, -0.25) is 0 Å². The van der Waals surface area contributed by atoms with Gasteiger partial charge in [0.15, 0.2) is 14.1 Å². The van der Waals surface area contributed by atoms with Crippen LogP contribution in [0.15, 0.2) is 22.8 Å². The predicted octanol–water partition coefficient (Wildman–Crippen LogP) is 6.64. The zero-order valence-corrected chi connectivity index (χ0v) is 23.3. The summed E-state index contributed by atoms with van der Waals surface area (Å²) >= 11 is 9.63. The zero-order valence-electron chi connectivity index (χ0n) is 20.0. The van der Waals surface area contributed by atoms with Gasteiger partial charge in [0.25, 0.3) is 0 Å². The van der Waals surface area contributed by atoms with Gasteiger partial charge >= 0.3 is 0 Å². The average Bonchev–Trinajstić information content (AvgIpc) is 2.77. The monoisotopic (exact) mass is 569 g/mol. The highest BCUT2D eigenvalue weighted by molar-refractivity contribution is 9.10. The van der Waals surface area contributed by atoms with Crippen molar-refractivity contribution in [3.8, 4) is 6.07 Å². The lowest BCUT2D eigenvalue weighted by molar-refractivity contribution is 0.0698. The van der Waals surface area contributed by atoms with Gasteiger partial charge in [-0.1, -0.05) is 32.4 Å². The Morgan fingerprint density at radius 1 is 1.38 bits per heavy atom. The molecule has 0 spiro atoms. The van der Waals surface area contributed by atoms with Crippen molar-refractivity contribution in [2.24, 2.45) is 5.92 Å². The first-order valence-electron chi connectivity index (χ1n) is 11.1. The lowest BCUT2D eigenvalue weighted by atomic mass is 9.96. The molecule has 3 rings (SSSR count). The second-order valence-corrected chi connectivity index (χ2v) is 15.9. The predicted molar refractivity (Wildman–Crippen MR) is 138 cm³/mol. The summed E-state index contributed by atoms with van der Waals surface area (Å²) in [7, 11) is -2.01. The molecule has 2 aromatic rings. The van der Waals surface area contributed by atoms with Gasteiger partial charge < -0.3 is 19.8 Å². The molecule has 0 radical (unpaired) electrons. The third kappa shape index (κ3) is 6.46. The molecule has 11 heteroatoms. The van der Waals surface area contributed by atoms with Crippen LogP contribution in [-0.4, -0.2) is 37.5 Å². The fraction of sp³-hybridized carbons (Fsp3) is 0.522. The lowest BCUT2D eigenvalue weighted by Crippen LogP contribution is -2.40. The maximum absolute atomic E-state index is 14.7. The van der Waals surface area contributed by atoms with Crippen LogP contribution < -0.4 is 10.6 Å². The molecule has 7 nitrogen and oxygen atoms in total. The summed E-state index contributed by atoms with van der Waals surface area (Å²) in [6, 6.07) is 5.24. The van der Waals surface area contributed by atoms with Crippen molar-refractivity contribution >= 4 is 53.3 Å². The molecular weight excluding hydrogens is 541 g/mol. The van der Waals surface area contributed by atoms with E-state index in [0.29, 0.717) is 46.2 Å². The van der Waals surface area contributed by atoms with Crippen LogP contribution in [0.1, 0.15) is 32.8 Å². The minimum atomic E-state index is -2.01. The van der Waals surface area contributed by atoms with Crippen LogP contribution in [0.2, 0.25) is 23.2 Å². The average molecular weight is 571 g/mol. The smallest absolute Gasteiger partial charge is 0.229 e. The minimum Gasteiger partial charge on any atom is -0.413 e. The largest absolute Gasteiger partial charge is 0.413 e. The number of nitrogens with one attached hydrogen (secondary N) is 2. The standard InChI is InChI=1S/C23H30BrClFN5O2Si/c1-23(2,3)34(4,5)33-12-15-8-16(9-18(26)20(15)24)29-22-28-11-17(25)21(31-22)30-19-13-32-7-6-14(19)10-27/h8-9,11,14,19H,6-7,12-13H2,1-5H3,(H2,28,29,30,31)/t14?,19-/m0/s1. The van der Waals surface area contributed by atoms with E-state index in [2.05, 4.69) is 76.5 Å². The van der Waals surface area contributed by atoms with Gasteiger partial charge in [0.05, 0.1) is 41.9 Å². The van der Waals surface area contributed by atoms with E-state index < -0.39 is 14.1 Å². The zero-order chi connectivity index (χ0) is 25.1. The molecule has 0 aliphatic carbocycles. The number of halogens is 3. The van der Waals surface area contributed by atoms with E-state index in [9.17, 15) is 9.65 Å². The SMILES string of the molecule is CC(C)(C)[Si](C)(C)OCc1cc(Nc2ncc(Cl)c(N[C@H]3COCCC3C#N)n2)cc(F)c1Br. The van der Waals surface area contributed by atoms with Crippen LogP contribution in [-0.2, 0) is 15.8 Å². The first-order chi connectivity index (χ1) is 15.9. The van der Waals surface area contributed by atoms with Crippen molar-refractivity contribution in [1.29, 1.82) is 5.26 Å². The Morgan fingerprint density at radius 3 is 2.79 bits per heavy atom. The van der Waals surface area contributed by atoms with Crippen molar-refractivity contribution in [2.75, 3.05) is 23.8 Å².